The molecular weight excluding hydrogens is 249 g/mol. The molecule has 0 saturated heterocycles. The van der Waals surface area contributed by atoms with E-state index in [2.05, 4.69) is 4.98 Å². The van der Waals surface area contributed by atoms with Crippen LogP contribution >= 0.6 is 22.9 Å². The first-order valence-electron chi connectivity index (χ1n) is 4.49. The van der Waals surface area contributed by atoms with Gasteiger partial charge in [0.25, 0.3) is 0 Å². The fourth-order valence-electron chi connectivity index (χ4n) is 1.31. The molecule has 16 heavy (non-hydrogen) atoms. The summed E-state index contributed by atoms with van der Waals surface area (Å²) >= 11 is 7.08. The summed E-state index contributed by atoms with van der Waals surface area (Å²) in [5.74, 6) is -0.764. The van der Waals surface area contributed by atoms with Gasteiger partial charge in [0.05, 0.1) is 21.1 Å². The maximum atomic E-state index is 13.0. The summed E-state index contributed by atoms with van der Waals surface area (Å²) in [6.45, 7) is 1.73. The molecule has 1 aromatic heterocycles. The molecular formula is C11H7ClFNOS. The molecule has 0 atom stereocenters. The van der Waals surface area contributed by atoms with Gasteiger partial charge in [-0.25, -0.2) is 9.37 Å². The van der Waals surface area contributed by atoms with Crippen molar-refractivity contribution >= 4 is 28.7 Å². The molecule has 0 saturated carbocycles. The minimum atomic E-state index is -0.477. The van der Waals surface area contributed by atoms with Crippen molar-refractivity contribution in [1.82, 2.24) is 4.98 Å². The Morgan fingerprint density at radius 2 is 2.25 bits per heavy atom. The molecule has 0 aliphatic heterocycles. The van der Waals surface area contributed by atoms with E-state index >= 15 is 0 Å². The van der Waals surface area contributed by atoms with Crippen LogP contribution in [0.3, 0.4) is 0 Å². The summed E-state index contributed by atoms with van der Waals surface area (Å²) in [4.78, 5) is 16.5. The number of ketones is 1. The van der Waals surface area contributed by atoms with Gasteiger partial charge in [-0.05, 0) is 25.1 Å². The van der Waals surface area contributed by atoms with E-state index in [0.717, 1.165) is 6.07 Å². The topological polar surface area (TPSA) is 30.0 Å². The van der Waals surface area contributed by atoms with Crippen LogP contribution in [-0.2, 0) is 0 Å². The van der Waals surface area contributed by atoms with Crippen molar-refractivity contribution in [3.8, 4) is 0 Å². The number of aromatic nitrogens is 1. The normalized spacial score (nSPS) is 10.4. The maximum Gasteiger partial charge on any atom is 0.206 e. The Labute approximate surface area is 101 Å². The first-order chi connectivity index (χ1) is 7.59. The van der Waals surface area contributed by atoms with E-state index in [0.29, 0.717) is 10.6 Å². The Morgan fingerprint density at radius 3 is 2.88 bits per heavy atom. The molecule has 2 rings (SSSR count). The number of carbonyl (C=O) groups is 1. The predicted molar refractivity (Wildman–Crippen MR) is 61.7 cm³/mol. The number of hydrogen-bond donors (Lipinski definition) is 0. The van der Waals surface area contributed by atoms with E-state index < -0.39 is 5.82 Å². The molecule has 0 radical (unpaired) electrons. The van der Waals surface area contributed by atoms with Crippen LogP contribution in [0.15, 0.2) is 23.7 Å². The number of aryl methyl sites for hydroxylation is 1. The fraction of sp³-hybridized carbons (Fsp3) is 0.0909. The third kappa shape index (κ3) is 1.99. The van der Waals surface area contributed by atoms with Gasteiger partial charge in [0.2, 0.25) is 5.78 Å². The smallest absolute Gasteiger partial charge is 0.206 e. The molecule has 1 heterocycles. The second-order valence-corrected chi connectivity index (χ2v) is 4.48. The summed E-state index contributed by atoms with van der Waals surface area (Å²) in [5, 5.41) is 0.249. The zero-order valence-corrected chi connectivity index (χ0v) is 9.90. The molecule has 1 aromatic carbocycles. The Morgan fingerprint density at radius 1 is 1.50 bits per heavy atom. The second-order valence-electron chi connectivity index (χ2n) is 3.22. The molecule has 0 N–H and O–H groups in total. The number of nitrogens with zero attached hydrogens (tertiary/aromatic N) is 1. The second kappa shape index (κ2) is 4.31. The molecule has 2 nitrogen and oxygen atoms in total. The van der Waals surface area contributed by atoms with Crippen LogP contribution in [0.25, 0.3) is 0 Å². The van der Waals surface area contributed by atoms with E-state index in [1.807, 2.05) is 0 Å². The summed E-state index contributed by atoms with van der Waals surface area (Å²) in [6, 6.07) is 3.74. The number of rotatable bonds is 2. The van der Waals surface area contributed by atoms with Crippen LogP contribution in [0.2, 0.25) is 5.02 Å². The number of halogens is 2. The van der Waals surface area contributed by atoms with Gasteiger partial charge >= 0.3 is 0 Å². The first-order valence-corrected chi connectivity index (χ1v) is 5.75. The van der Waals surface area contributed by atoms with Crippen molar-refractivity contribution in [1.29, 1.82) is 0 Å². The molecule has 0 aliphatic rings. The summed E-state index contributed by atoms with van der Waals surface area (Å²) in [6.07, 6.45) is 0. The minimum absolute atomic E-state index is 0.175. The van der Waals surface area contributed by atoms with Crippen molar-refractivity contribution in [2.75, 3.05) is 0 Å². The van der Waals surface area contributed by atoms with E-state index in [4.69, 9.17) is 11.6 Å². The van der Waals surface area contributed by atoms with Crippen LogP contribution in [-0.4, -0.2) is 10.8 Å². The molecule has 0 amide bonds. The van der Waals surface area contributed by atoms with Gasteiger partial charge in [-0.1, -0.05) is 11.6 Å². The summed E-state index contributed by atoms with van der Waals surface area (Å²) in [5.41, 5.74) is 2.39. The summed E-state index contributed by atoms with van der Waals surface area (Å²) in [7, 11) is 0. The lowest BCUT2D eigenvalue weighted by molar-refractivity contribution is 0.104. The van der Waals surface area contributed by atoms with Gasteiger partial charge in [-0.2, -0.15) is 0 Å². The van der Waals surface area contributed by atoms with Gasteiger partial charge in [0.15, 0.2) is 0 Å². The highest BCUT2D eigenvalue weighted by atomic mass is 35.5. The maximum absolute atomic E-state index is 13.0. The average Bonchev–Trinajstić information content (AvgIpc) is 2.67. The zero-order valence-electron chi connectivity index (χ0n) is 8.33. The van der Waals surface area contributed by atoms with E-state index in [9.17, 15) is 9.18 Å². The minimum Gasteiger partial charge on any atom is -0.288 e. The lowest BCUT2D eigenvalue weighted by Gasteiger charge is -2.02. The zero-order chi connectivity index (χ0) is 11.7. The van der Waals surface area contributed by atoms with Gasteiger partial charge in [0.1, 0.15) is 5.82 Å². The van der Waals surface area contributed by atoms with Gasteiger partial charge in [-0.15, -0.1) is 11.3 Å². The highest BCUT2D eigenvalue weighted by molar-refractivity contribution is 7.12. The Bertz CT molecular complexity index is 553. The van der Waals surface area contributed by atoms with Gasteiger partial charge < -0.3 is 0 Å². The first kappa shape index (κ1) is 11.2. The van der Waals surface area contributed by atoms with E-state index in [-0.39, 0.29) is 16.4 Å². The Hall–Kier alpha value is -1.26. The molecule has 0 spiro atoms. The molecule has 0 unspecified atom stereocenters. The van der Waals surface area contributed by atoms with Crippen molar-refractivity contribution in [2.24, 2.45) is 0 Å². The van der Waals surface area contributed by atoms with Crippen LogP contribution in [0.4, 0.5) is 4.39 Å². The molecule has 82 valence electrons. The highest BCUT2D eigenvalue weighted by Gasteiger charge is 2.17. The van der Waals surface area contributed by atoms with Gasteiger partial charge in [-0.3, -0.25) is 4.79 Å². The Kier molecular flexibility index (Phi) is 3.03. The number of thiazole rings is 1. The monoisotopic (exact) mass is 255 g/mol. The van der Waals surface area contributed by atoms with Crippen molar-refractivity contribution in [2.45, 2.75) is 6.92 Å². The molecule has 0 aliphatic carbocycles. The molecule has 0 bridgehead atoms. The quantitative estimate of drug-likeness (QED) is 0.769. The van der Waals surface area contributed by atoms with E-state index in [1.54, 1.807) is 12.4 Å². The predicted octanol–water partition coefficient (Wildman–Crippen LogP) is 3.48. The lowest BCUT2D eigenvalue weighted by Crippen LogP contribution is -2.02. The summed E-state index contributed by atoms with van der Waals surface area (Å²) < 4.78 is 13.0. The molecule has 5 heteroatoms. The number of hydrogen-bond acceptors (Lipinski definition) is 3. The van der Waals surface area contributed by atoms with Crippen LogP contribution < -0.4 is 0 Å². The average molecular weight is 256 g/mol. The van der Waals surface area contributed by atoms with Crippen molar-refractivity contribution < 1.29 is 9.18 Å². The van der Waals surface area contributed by atoms with Gasteiger partial charge in [0, 0.05) is 5.56 Å². The fourth-order valence-corrected chi connectivity index (χ4v) is 2.27. The number of carbonyl (C=O) groups excluding carboxylic acids is 1. The highest BCUT2D eigenvalue weighted by Crippen LogP contribution is 2.23. The molecule has 0 fully saturated rings. The lowest BCUT2D eigenvalue weighted by atomic mass is 10.1. The largest absolute Gasteiger partial charge is 0.288 e. The SMILES string of the molecule is Cc1ncsc1C(=O)c1cc(F)ccc1Cl. The third-order valence-electron chi connectivity index (χ3n) is 2.12. The number of benzene rings is 1. The van der Waals surface area contributed by atoms with E-state index in [1.165, 1.54) is 23.5 Å². The van der Waals surface area contributed by atoms with Crippen LogP contribution in [0.5, 0.6) is 0 Å². The van der Waals surface area contributed by atoms with Crippen molar-refractivity contribution in [3.63, 3.8) is 0 Å². The molecule has 2 aromatic rings. The standard InChI is InChI=1S/C11H7ClFNOS/c1-6-11(16-5-14-6)10(15)8-4-7(13)2-3-9(8)12/h2-5H,1H3. The van der Waals surface area contributed by atoms with Crippen LogP contribution in [0.1, 0.15) is 20.9 Å². The van der Waals surface area contributed by atoms with Crippen molar-refractivity contribution in [3.05, 3.63) is 50.7 Å². The Balaban J connectivity index is 2.49. The van der Waals surface area contributed by atoms with Crippen LogP contribution in [0, 0.1) is 12.7 Å². The third-order valence-corrected chi connectivity index (χ3v) is 3.38.